The minimum atomic E-state index is -4.50. The van der Waals surface area contributed by atoms with Crippen LogP contribution in [0.1, 0.15) is 37.0 Å². The number of benzene rings is 1. The Morgan fingerprint density at radius 2 is 1.88 bits per heavy atom. The predicted octanol–water partition coefficient (Wildman–Crippen LogP) is 4.10. The lowest BCUT2D eigenvalue weighted by Crippen LogP contribution is -2.49. The molecule has 12 heteroatoms. The first-order valence-electron chi connectivity index (χ1n) is 13.2. The molecule has 9 nitrogen and oxygen atoms in total. The van der Waals surface area contributed by atoms with E-state index in [0.29, 0.717) is 23.5 Å². The molecule has 3 aromatic rings. The van der Waals surface area contributed by atoms with Crippen LogP contribution in [0.15, 0.2) is 45.7 Å². The van der Waals surface area contributed by atoms with E-state index in [9.17, 15) is 27.6 Å². The predicted molar refractivity (Wildman–Crippen MR) is 144 cm³/mol. The van der Waals surface area contributed by atoms with Gasteiger partial charge in [0.05, 0.1) is 12.1 Å². The summed E-state index contributed by atoms with van der Waals surface area (Å²) in [6.07, 6.45) is -3.34. The first-order valence-corrected chi connectivity index (χ1v) is 13.2. The van der Waals surface area contributed by atoms with Crippen LogP contribution in [-0.2, 0) is 17.4 Å². The number of halogens is 3. The van der Waals surface area contributed by atoms with E-state index in [0.717, 1.165) is 46.9 Å². The zero-order valence-corrected chi connectivity index (χ0v) is 22.5. The fourth-order valence-electron chi connectivity index (χ4n) is 5.58. The summed E-state index contributed by atoms with van der Waals surface area (Å²) in [6, 6.07) is 7.36. The molecule has 1 atom stereocenters. The summed E-state index contributed by atoms with van der Waals surface area (Å²) >= 11 is 0. The number of alkyl halides is 3. The number of aryl methyl sites for hydroxylation is 1. The molecule has 0 aliphatic carbocycles. The van der Waals surface area contributed by atoms with Gasteiger partial charge in [0.25, 0.3) is 5.91 Å². The highest BCUT2D eigenvalue weighted by Gasteiger charge is 2.54. The number of nitrogens with one attached hydrogen (secondary N) is 1. The molecule has 0 bridgehead atoms. The van der Waals surface area contributed by atoms with Crippen molar-refractivity contribution in [2.75, 3.05) is 42.5 Å². The van der Waals surface area contributed by atoms with Crippen LogP contribution >= 0.6 is 0 Å². The number of hydrogen-bond donors (Lipinski definition) is 1. The van der Waals surface area contributed by atoms with Crippen LogP contribution in [0.3, 0.4) is 0 Å². The van der Waals surface area contributed by atoms with Crippen LogP contribution in [0.25, 0.3) is 11.0 Å². The molecule has 3 amide bonds. The van der Waals surface area contributed by atoms with Crippen molar-refractivity contribution in [3.63, 3.8) is 0 Å². The van der Waals surface area contributed by atoms with Gasteiger partial charge in [-0.15, -0.1) is 0 Å². The molecule has 1 aromatic carbocycles. The number of urea groups is 1. The van der Waals surface area contributed by atoms with Gasteiger partial charge in [0.15, 0.2) is 0 Å². The number of nitrogens with zero attached hydrogens (tertiary/aromatic N) is 4. The van der Waals surface area contributed by atoms with Crippen LogP contribution in [-0.4, -0.2) is 60.1 Å². The molecule has 212 valence electrons. The number of anilines is 2. The van der Waals surface area contributed by atoms with Gasteiger partial charge in [-0.1, -0.05) is 0 Å². The fourth-order valence-corrected chi connectivity index (χ4v) is 5.58. The second-order valence-corrected chi connectivity index (χ2v) is 10.1. The highest BCUT2D eigenvalue weighted by Crippen LogP contribution is 2.34. The maximum Gasteiger partial charge on any atom is 0.417 e. The zero-order chi connectivity index (χ0) is 28.8. The second kappa shape index (κ2) is 10.1. The molecular weight excluding hydrogens is 527 g/mol. The van der Waals surface area contributed by atoms with Crippen LogP contribution in [0, 0.1) is 6.92 Å². The Morgan fingerprint density at radius 3 is 2.52 bits per heavy atom. The standard InChI is InChI=1S/C28H30F3N5O4/c1-4-34(5-2)19-7-8-20-17(3)21(24(37)40-22(20)14-19)10-12-36-25(38)27(33-26(36)39)11-13-35(16-27)23-9-6-18(15-32-23)28(29,30)31/h6-9,14-15H,4-5,10-13,16H2,1-3H3,(H,33,39). The smallest absolute Gasteiger partial charge is 0.417 e. The van der Waals surface area contributed by atoms with E-state index in [1.165, 1.54) is 6.07 Å². The Labute approximate surface area is 228 Å². The lowest BCUT2D eigenvalue weighted by molar-refractivity contribution is -0.137. The van der Waals surface area contributed by atoms with E-state index in [-0.39, 0.29) is 25.9 Å². The summed E-state index contributed by atoms with van der Waals surface area (Å²) in [5.74, 6) is -0.141. The Morgan fingerprint density at radius 1 is 1.12 bits per heavy atom. The van der Waals surface area contributed by atoms with E-state index in [4.69, 9.17) is 4.42 Å². The minimum Gasteiger partial charge on any atom is -0.422 e. The Kier molecular flexibility index (Phi) is 6.97. The first-order chi connectivity index (χ1) is 19.0. The van der Waals surface area contributed by atoms with Crippen molar-refractivity contribution in [2.24, 2.45) is 0 Å². The second-order valence-electron chi connectivity index (χ2n) is 10.1. The van der Waals surface area contributed by atoms with E-state index >= 15 is 0 Å². The maximum absolute atomic E-state index is 13.4. The normalized spacial score (nSPS) is 19.2. The van der Waals surface area contributed by atoms with Gasteiger partial charge >= 0.3 is 17.8 Å². The van der Waals surface area contributed by atoms with Gasteiger partial charge in [-0.05, 0) is 63.4 Å². The highest BCUT2D eigenvalue weighted by molar-refractivity contribution is 6.07. The molecule has 1 N–H and O–H groups in total. The number of aromatic nitrogens is 1. The number of carbonyl (C=O) groups excluding carboxylic acids is 2. The number of hydrogen-bond acceptors (Lipinski definition) is 7. The Bertz CT molecular complexity index is 1520. The molecule has 0 radical (unpaired) electrons. The zero-order valence-electron chi connectivity index (χ0n) is 22.5. The quantitative estimate of drug-likeness (QED) is 0.345. The number of rotatable bonds is 7. The molecule has 1 spiro atoms. The van der Waals surface area contributed by atoms with Crippen LogP contribution < -0.4 is 20.7 Å². The van der Waals surface area contributed by atoms with Crippen molar-refractivity contribution in [1.29, 1.82) is 0 Å². The highest BCUT2D eigenvalue weighted by atomic mass is 19.4. The molecular formula is C28H30F3N5O4. The monoisotopic (exact) mass is 557 g/mol. The summed E-state index contributed by atoms with van der Waals surface area (Å²) < 4.78 is 44.3. The van der Waals surface area contributed by atoms with Gasteiger partial charge in [-0.3, -0.25) is 9.69 Å². The largest absolute Gasteiger partial charge is 0.422 e. The fraction of sp³-hybridized carbons (Fsp3) is 0.429. The van der Waals surface area contributed by atoms with E-state index in [1.807, 2.05) is 39.0 Å². The minimum absolute atomic E-state index is 0.0143. The van der Waals surface area contributed by atoms with Gasteiger partial charge in [0.2, 0.25) is 0 Å². The van der Waals surface area contributed by atoms with Gasteiger partial charge in [-0.2, -0.15) is 13.2 Å². The van der Waals surface area contributed by atoms with Gasteiger partial charge in [0, 0.05) is 55.1 Å². The van der Waals surface area contributed by atoms with Gasteiger partial charge < -0.3 is 19.5 Å². The SMILES string of the molecule is CCN(CC)c1ccc2c(C)c(CCN3C(=O)NC4(CCN(c5ccc(C(F)(F)F)cn5)C4)C3=O)c(=O)oc2c1. The third-order valence-corrected chi connectivity index (χ3v) is 7.90. The number of pyridine rings is 1. The molecule has 2 aromatic heterocycles. The van der Waals surface area contributed by atoms with Crippen molar-refractivity contribution in [3.8, 4) is 0 Å². The molecule has 2 fully saturated rings. The average molecular weight is 558 g/mol. The van der Waals surface area contributed by atoms with E-state index in [2.05, 4.69) is 15.2 Å². The van der Waals surface area contributed by atoms with Crippen molar-refractivity contribution >= 4 is 34.4 Å². The van der Waals surface area contributed by atoms with E-state index in [1.54, 1.807) is 4.90 Å². The Hall–Kier alpha value is -4.09. The number of imide groups is 1. The summed E-state index contributed by atoms with van der Waals surface area (Å²) in [6.45, 7) is 7.95. The lowest BCUT2D eigenvalue weighted by atomic mass is 9.98. The number of fused-ring (bicyclic) bond motifs is 1. The molecule has 2 saturated heterocycles. The number of carbonyl (C=O) groups is 2. The van der Waals surface area contributed by atoms with Crippen molar-refractivity contribution in [2.45, 2.75) is 45.3 Å². The lowest BCUT2D eigenvalue weighted by Gasteiger charge is -2.23. The van der Waals surface area contributed by atoms with Crippen LogP contribution in [0.5, 0.6) is 0 Å². The van der Waals surface area contributed by atoms with Crippen LogP contribution in [0.4, 0.5) is 29.5 Å². The van der Waals surface area contributed by atoms with E-state index < -0.39 is 34.8 Å². The van der Waals surface area contributed by atoms with Crippen LogP contribution in [0.2, 0.25) is 0 Å². The summed E-state index contributed by atoms with van der Waals surface area (Å²) in [7, 11) is 0. The first kappa shape index (κ1) is 27.5. The topological polar surface area (TPSA) is 99.0 Å². The summed E-state index contributed by atoms with van der Waals surface area (Å²) in [5.41, 5.74) is -0.0118. The third-order valence-electron chi connectivity index (χ3n) is 7.90. The van der Waals surface area contributed by atoms with Gasteiger partial charge in [0.1, 0.15) is 16.9 Å². The average Bonchev–Trinajstić information content (AvgIpc) is 3.44. The molecule has 2 aliphatic heterocycles. The molecule has 0 saturated carbocycles. The van der Waals surface area contributed by atoms with Crippen molar-refractivity contribution < 1.29 is 27.2 Å². The molecule has 40 heavy (non-hydrogen) atoms. The van der Waals surface area contributed by atoms with Crippen molar-refractivity contribution in [3.05, 3.63) is 63.6 Å². The third kappa shape index (κ3) is 4.75. The summed E-state index contributed by atoms with van der Waals surface area (Å²) in [4.78, 5) is 48.0. The maximum atomic E-state index is 13.4. The molecule has 4 heterocycles. The summed E-state index contributed by atoms with van der Waals surface area (Å²) in [5, 5.41) is 3.56. The number of amides is 3. The molecule has 1 unspecified atom stereocenters. The molecule has 5 rings (SSSR count). The Balaban J connectivity index is 1.31. The molecule has 2 aliphatic rings. The van der Waals surface area contributed by atoms with Gasteiger partial charge in [-0.25, -0.2) is 14.6 Å². The van der Waals surface area contributed by atoms with Crippen molar-refractivity contribution in [1.82, 2.24) is 15.2 Å².